The number of nitrogens with one attached hydrogen (secondary N) is 1. The van der Waals surface area contributed by atoms with Crippen molar-refractivity contribution in [3.8, 4) is 22.8 Å². The number of hydrogen-bond acceptors (Lipinski definition) is 6. The molecule has 7 nitrogen and oxygen atoms in total. The second-order valence-electron chi connectivity index (χ2n) is 10.1. The minimum atomic E-state index is -0.655. The number of halogens is 2. The lowest BCUT2D eigenvalue weighted by Gasteiger charge is -2.28. The summed E-state index contributed by atoms with van der Waals surface area (Å²) in [6, 6.07) is 12.5. The van der Waals surface area contributed by atoms with Crippen LogP contribution >= 0.6 is 11.6 Å². The first-order valence-electron chi connectivity index (χ1n) is 12.6. The number of aromatic nitrogens is 2. The van der Waals surface area contributed by atoms with Crippen LogP contribution in [0.5, 0.6) is 11.6 Å². The Morgan fingerprint density at radius 2 is 2.05 bits per heavy atom. The Morgan fingerprint density at radius 3 is 2.78 bits per heavy atom. The predicted octanol–water partition coefficient (Wildman–Crippen LogP) is 4.75. The number of benzene rings is 3. The molecule has 3 aromatic carbocycles. The molecule has 4 aromatic rings. The van der Waals surface area contributed by atoms with Gasteiger partial charge in [0.15, 0.2) is 5.82 Å². The fraction of sp³-hybridized carbons (Fsp3) is 0.357. The molecule has 2 fully saturated rings. The summed E-state index contributed by atoms with van der Waals surface area (Å²) in [5, 5.41) is 15.2. The van der Waals surface area contributed by atoms with Crippen molar-refractivity contribution in [2.45, 2.75) is 32.4 Å². The number of rotatable bonds is 6. The van der Waals surface area contributed by atoms with Gasteiger partial charge in [-0.15, -0.1) is 0 Å². The van der Waals surface area contributed by atoms with Crippen LogP contribution in [0.3, 0.4) is 0 Å². The molecule has 2 aliphatic rings. The first-order chi connectivity index (χ1) is 17.9. The maximum Gasteiger partial charge on any atom is 0.313 e. The topological polar surface area (TPSA) is 79.6 Å². The van der Waals surface area contributed by atoms with E-state index in [1.807, 2.05) is 24.3 Å². The van der Waals surface area contributed by atoms with Crippen molar-refractivity contribution >= 4 is 33.4 Å². The number of phenolic OH excluding ortho intramolecular Hbond substituents is 1. The number of ether oxygens (including phenoxy) is 1. The Balaban J connectivity index is 1.53. The molecule has 0 bridgehead atoms. The van der Waals surface area contributed by atoms with Crippen LogP contribution < -0.4 is 15.6 Å². The number of likely N-dealkylation sites (tertiary alicyclic amines) is 1. The highest BCUT2D eigenvalue weighted by atomic mass is 35.5. The summed E-state index contributed by atoms with van der Waals surface area (Å²) in [4.78, 5) is 20.0. The van der Waals surface area contributed by atoms with Crippen LogP contribution in [0.2, 0.25) is 5.02 Å². The highest BCUT2D eigenvalue weighted by Crippen LogP contribution is 2.40. The third kappa shape index (κ3) is 4.33. The second-order valence-corrected chi connectivity index (χ2v) is 10.5. The fourth-order valence-corrected chi connectivity index (χ4v) is 5.66. The molecular formula is C28H28ClFN4O3. The lowest BCUT2D eigenvalue weighted by molar-refractivity contribution is 0.115. The molecule has 1 aromatic heterocycles. The largest absolute Gasteiger partial charge is 0.508 e. The van der Waals surface area contributed by atoms with Gasteiger partial charge in [0.25, 0.3) is 5.88 Å². The third-order valence-corrected chi connectivity index (χ3v) is 7.88. The second kappa shape index (κ2) is 9.59. The molecule has 0 amide bonds. The van der Waals surface area contributed by atoms with E-state index < -0.39 is 11.4 Å². The molecule has 0 spiro atoms. The number of phenols is 1. The maximum atomic E-state index is 16.4. The molecule has 0 unspecified atom stereocenters. The van der Waals surface area contributed by atoms with Crippen LogP contribution in [0.4, 0.5) is 4.39 Å². The van der Waals surface area contributed by atoms with Crippen molar-refractivity contribution in [2.75, 3.05) is 26.4 Å². The van der Waals surface area contributed by atoms with Crippen LogP contribution in [0, 0.1) is 11.7 Å². The van der Waals surface area contributed by atoms with Gasteiger partial charge in [-0.05, 0) is 54.3 Å². The summed E-state index contributed by atoms with van der Waals surface area (Å²) in [6.07, 6.45) is 2.14. The van der Waals surface area contributed by atoms with Gasteiger partial charge in [-0.3, -0.25) is 9.69 Å². The van der Waals surface area contributed by atoms with Gasteiger partial charge in [0.2, 0.25) is 0 Å². The minimum absolute atomic E-state index is 0.00318. The van der Waals surface area contributed by atoms with Crippen molar-refractivity contribution in [3.63, 3.8) is 0 Å². The third-order valence-electron chi connectivity index (χ3n) is 7.58. The fourth-order valence-electron chi connectivity index (χ4n) is 5.37. The molecular weight excluding hydrogens is 495 g/mol. The van der Waals surface area contributed by atoms with Crippen molar-refractivity contribution < 1.29 is 14.2 Å². The van der Waals surface area contributed by atoms with Crippen molar-refractivity contribution in [2.24, 2.45) is 5.92 Å². The summed E-state index contributed by atoms with van der Waals surface area (Å²) >= 11 is 6.69. The van der Waals surface area contributed by atoms with Gasteiger partial charge in [0.1, 0.15) is 18.0 Å². The van der Waals surface area contributed by atoms with Crippen LogP contribution in [0.25, 0.3) is 32.9 Å². The van der Waals surface area contributed by atoms with Crippen molar-refractivity contribution in [3.05, 3.63) is 63.7 Å². The van der Waals surface area contributed by atoms with E-state index in [9.17, 15) is 9.90 Å². The summed E-state index contributed by atoms with van der Waals surface area (Å²) < 4.78 is 23.8. The zero-order chi connectivity index (χ0) is 25.7. The van der Waals surface area contributed by atoms with E-state index in [1.54, 1.807) is 12.1 Å². The van der Waals surface area contributed by atoms with Crippen LogP contribution in [-0.4, -0.2) is 52.0 Å². The van der Waals surface area contributed by atoms with Gasteiger partial charge >= 0.3 is 5.56 Å². The van der Waals surface area contributed by atoms with Gasteiger partial charge in [0.05, 0.1) is 10.5 Å². The summed E-state index contributed by atoms with van der Waals surface area (Å²) in [5.41, 5.74) is 0.537. The molecule has 3 heterocycles. The monoisotopic (exact) mass is 522 g/mol. The van der Waals surface area contributed by atoms with Crippen LogP contribution in [-0.2, 0) is 6.54 Å². The SMILES string of the molecule is C[C@H]1CCCN1COc1nc2c(F)c(-c3cc(O)cc4ccccc34)c(Cl)cc2n(CC2CNC2)c1=O. The minimum Gasteiger partial charge on any atom is -0.508 e. The quantitative estimate of drug-likeness (QED) is 0.380. The van der Waals surface area contributed by atoms with E-state index in [0.717, 1.165) is 43.2 Å². The van der Waals surface area contributed by atoms with Gasteiger partial charge in [-0.25, -0.2) is 9.37 Å². The van der Waals surface area contributed by atoms with Gasteiger partial charge in [0, 0.05) is 43.7 Å². The molecule has 0 saturated carbocycles. The lowest BCUT2D eigenvalue weighted by atomic mass is 9.96. The molecule has 2 saturated heterocycles. The summed E-state index contributed by atoms with van der Waals surface area (Å²) in [6.45, 7) is 5.20. The standard InChI is InChI=1S/C28H28ClFN4O3/c1-16-5-4-8-33(16)15-37-27-28(36)34(14-17-12-31-13-17)23-11-22(29)24(25(30)26(23)32-27)21-10-19(35)9-18-6-2-3-7-20(18)21/h2-3,6-7,9-11,16-17,31,35H,4-5,8,12-15H2,1H3/t16-/m0/s1. The highest BCUT2D eigenvalue weighted by Gasteiger charge is 2.26. The van der Waals surface area contributed by atoms with Crippen LogP contribution in [0.15, 0.2) is 47.3 Å². The van der Waals surface area contributed by atoms with Gasteiger partial charge in [-0.1, -0.05) is 35.9 Å². The number of fused-ring (bicyclic) bond motifs is 2. The lowest BCUT2D eigenvalue weighted by Crippen LogP contribution is -2.45. The van der Waals surface area contributed by atoms with E-state index in [0.29, 0.717) is 23.7 Å². The molecule has 192 valence electrons. The summed E-state index contributed by atoms with van der Waals surface area (Å²) in [5.74, 6) is -0.528. The Hall–Kier alpha value is -3.20. The van der Waals surface area contributed by atoms with E-state index in [1.165, 1.54) is 10.6 Å². The average Bonchev–Trinajstić information content (AvgIpc) is 3.26. The smallest absolute Gasteiger partial charge is 0.313 e. The molecule has 0 radical (unpaired) electrons. The van der Waals surface area contributed by atoms with Crippen LogP contribution in [0.1, 0.15) is 19.8 Å². The molecule has 1 atom stereocenters. The van der Waals surface area contributed by atoms with E-state index in [4.69, 9.17) is 16.3 Å². The predicted molar refractivity (Wildman–Crippen MR) is 143 cm³/mol. The van der Waals surface area contributed by atoms with Crippen molar-refractivity contribution in [1.29, 1.82) is 0 Å². The number of nitrogens with zero attached hydrogens (tertiary/aromatic N) is 3. The Kier molecular flexibility index (Phi) is 6.26. The first kappa shape index (κ1) is 24.2. The maximum absolute atomic E-state index is 16.4. The summed E-state index contributed by atoms with van der Waals surface area (Å²) in [7, 11) is 0. The van der Waals surface area contributed by atoms with Gasteiger partial charge in [-0.2, -0.15) is 0 Å². The van der Waals surface area contributed by atoms with E-state index >= 15 is 4.39 Å². The van der Waals surface area contributed by atoms with E-state index in [-0.39, 0.29) is 40.4 Å². The van der Waals surface area contributed by atoms with E-state index in [2.05, 4.69) is 22.1 Å². The molecule has 2 N–H and O–H groups in total. The Morgan fingerprint density at radius 1 is 1.24 bits per heavy atom. The Labute approximate surface area is 218 Å². The number of aromatic hydroxyl groups is 1. The van der Waals surface area contributed by atoms with Gasteiger partial charge < -0.3 is 19.7 Å². The molecule has 2 aliphatic heterocycles. The molecule has 37 heavy (non-hydrogen) atoms. The van der Waals surface area contributed by atoms with Crippen molar-refractivity contribution in [1.82, 2.24) is 19.8 Å². The highest BCUT2D eigenvalue weighted by molar-refractivity contribution is 6.34. The zero-order valence-electron chi connectivity index (χ0n) is 20.5. The molecule has 9 heteroatoms. The molecule has 0 aliphatic carbocycles. The zero-order valence-corrected chi connectivity index (χ0v) is 21.3. The Bertz CT molecular complexity index is 1570. The normalized spacial score (nSPS) is 18.5. The molecule has 6 rings (SSSR count). The first-order valence-corrected chi connectivity index (χ1v) is 13.0. The number of hydrogen-bond donors (Lipinski definition) is 2. The average molecular weight is 523 g/mol.